The zero-order valence-electron chi connectivity index (χ0n) is 13.5. The first kappa shape index (κ1) is 38.1. The molecule has 14 heteroatoms. The van der Waals surface area contributed by atoms with Crippen LogP contribution in [0.4, 0.5) is 0 Å². The minimum absolute atomic E-state index is 0. The van der Waals surface area contributed by atoms with Crippen molar-refractivity contribution in [2.75, 3.05) is 0 Å². The van der Waals surface area contributed by atoms with E-state index in [1.165, 1.54) is 19.1 Å². The second kappa shape index (κ2) is 16.3. The van der Waals surface area contributed by atoms with Crippen LogP contribution in [0.15, 0.2) is 35.2 Å². The number of rotatable bonds is 2. The summed E-state index contributed by atoms with van der Waals surface area (Å²) in [6, 6.07) is 7.42. The van der Waals surface area contributed by atoms with Crippen LogP contribution in [0.5, 0.6) is 0 Å². The van der Waals surface area contributed by atoms with E-state index in [2.05, 4.69) is 0 Å². The fourth-order valence-electron chi connectivity index (χ4n) is 0.818. The minimum atomic E-state index is -4.00. The van der Waals surface area contributed by atoms with Crippen LogP contribution >= 0.6 is 58.0 Å². The molecule has 0 aliphatic heterocycles. The topological polar surface area (TPSA) is 106 Å². The summed E-state index contributed by atoms with van der Waals surface area (Å²) in [6.07, 6.45) is 0. The van der Waals surface area contributed by atoms with Crippen LogP contribution < -0.4 is 88.7 Å². The monoisotopic (exact) mass is 489 g/mol. The number of aliphatic hydroxyl groups is 1. The fourth-order valence-corrected chi connectivity index (χ4v) is 2.14. The van der Waals surface area contributed by atoms with Crippen LogP contribution in [0.25, 0.3) is 0 Å². The van der Waals surface area contributed by atoms with E-state index in [0.717, 1.165) is 0 Å². The Balaban J connectivity index is -0.0000000860. The van der Waals surface area contributed by atoms with Gasteiger partial charge in [0.05, 0.1) is 10.3 Å². The molecule has 0 aliphatic rings. The molecule has 0 heterocycles. The van der Waals surface area contributed by atoms with Gasteiger partial charge in [0, 0.05) is 0 Å². The summed E-state index contributed by atoms with van der Waals surface area (Å²) in [5.74, 6) is 0. The van der Waals surface area contributed by atoms with E-state index in [1.807, 2.05) is 0 Å². The maximum absolute atomic E-state index is 10.4. The molecule has 0 aliphatic carbocycles. The quantitative estimate of drug-likeness (QED) is 0.244. The summed E-state index contributed by atoms with van der Waals surface area (Å²) in [4.78, 5) is -0.0741. The van der Waals surface area contributed by atoms with Gasteiger partial charge in [0.1, 0.15) is 0 Å². The number of benzene rings is 1. The maximum Gasteiger partial charge on any atom is 1.00 e. The summed E-state index contributed by atoms with van der Waals surface area (Å²) >= 11 is 26.6. The van der Waals surface area contributed by atoms with E-state index in [0.29, 0.717) is 0 Å². The number of hydrogen-bond donors (Lipinski definition) is 2. The predicted molar refractivity (Wildman–Crippen MR) is 86.3 cm³/mol. The van der Waals surface area contributed by atoms with E-state index in [4.69, 9.17) is 67.7 Å². The standard InChI is InChI=1S/C6H6O3S.C4H5Cl5O.3Na.H2O/c7-10(8,9)6-4-2-1-3-5-6;1-2(5)3(6,10)4(7,8)9;;;;/h1-5H,(H,7,8,9);2,10H,1H3;;;;1H2/q;;3*+1;. The van der Waals surface area contributed by atoms with Gasteiger partial charge in [-0.1, -0.05) is 64.6 Å². The zero-order valence-corrected chi connectivity index (χ0v) is 24.1. The molecule has 0 aromatic heterocycles. The van der Waals surface area contributed by atoms with Gasteiger partial charge in [-0.05, 0) is 19.1 Å². The molecule has 2 atom stereocenters. The smallest absolute Gasteiger partial charge is 0.412 e. The molecule has 5 nitrogen and oxygen atoms in total. The zero-order chi connectivity index (χ0) is 16.2. The first-order valence-electron chi connectivity index (χ1n) is 4.94. The van der Waals surface area contributed by atoms with Gasteiger partial charge in [-0.25, -0.2) is 0 Å². The Morgan fingerprint density at radius 1 is 1.00 bits per heavy atom. The predicted octanol–water partition coefficient (Wildman–Crippen LogP) is -5.97. The molecule has 2 unspecified atom stereocenters. The van der Waals surface area contributed by atoms with Crippen molar-refractivity contribution in [1.82, 2.24) is 0 Å². The Morgan fingerprint density at radius 3 is 1.46 bits per heavy atom. The van der Waals surface area contributed by atoms with Crippen LogP contribution in [0.2, 0.25) is 0 Å². The van der Waals surface area contributed by atoms with Crippen LogP contribution in [0, 0.1) is 0 Å². The van der Waals surface area contributed by atoms with Crippen molar-refractivity contribution >= 4 is 68.1 Å². The average Bonchev–Trinajstić information content (AvgIpc) is 2.28. The largest absolute Gasteiger partial charge is 1.00 e. The molecule has 1 rings (SSSR count). The van der Waals surface area contributed by atoms with Crippen LogP contribution in [-0.4, -0.2) is 37.8 Å². The van der Waals surface area contributed by atoms with E-state index in [-0.39, 0.29) is 99.0 Å². The van der Waals surface area contributed by atoms with Gasteiger partial charge in [-0.2, -0.15) is 8.42 Å². The van der Waals surface area contributed by atoms with Crippen molar-refractivity contribution in [3.8, 4) is 0 Å². The third-order valence-corrected chi connectivity index (χ3v) is 5.03. The molecule has 0 spiro atoms. The Hall–Kier alpha value is 3.50. The molecule has 1 aromatic rings. The van der Waals surface area contributed by atoms with Crippen LogP contribution in [0.3, 0.4) is 0 Å². The molecule has 0 fully saturated rings. The van der Waals surface area contributed by atoms with Crippen LogP contribution in [0.1, 0.15) is 6.92 Å². The Labute approximate surface area is 233 Å². The van der Waals surface area contributed by atoms with Gasteiger partial charge in [-0.15, -0.1) is 11.6 Å². The molecule has 0 saturated carbocycles. The summed E-state index contributed by atoms with van der Waals surface area (Å²) in [7, 11) is -4.00. The maximum atomic E-state index is 10.4. The van der Waals surface area contributed by atoms with Gasteiger partial charge in [0.15, 0.2) is 0 Å². The van der Waals surface area contributed by atoms with Gasteiger partial charge in [-0.3, -0.25) is 4.55 Å². The molecule has 0 radical (unpaired) electrons. The Kier molecular flexibility index (Phi) is 25.9. The summed E-state index contributed by atoms with van der Waals surface area (Å²) in [6.45, 7) is 1.43. The SMILES string of the molecule is CC(Cl)C(O)(Cl)C(Cl)(Cl)Cl.O.O=S(=O)(O)c1ccccc1.[Na+].[Na+].[Na+]. The molecule has 4 N–H and O–H groups in total. The Morgan fingerprint density at radius 2 is 1.33 bits per heavy atom. The third-order valence-electron chi connectivity index (χ3n) is 1.97. The van der Waals surface area contributed by atoms with Gasteiger partial charge < -0.3 is 10.6 Å². The first-order valence-corrected chi connectivity index (χ1v) is 8.33. The van der Waals surface area contributed by atoms with Gasteiger partial charge >= 0.3 is 88.7 Å². The molecule has 24 heavy (non-hydrogen) atoms. The number of alkyl halides is 5. The van der Waals surface area contributed by atoms with Crippen molar-refractivity contribution in [3.05, 3.63) is 30.3 Å². The summed E-state index contributed by atoms with van der Waals surface area (Å²) in [5, 5.41) is 6.29. The van der Waals surface area contributed by atoms with Crippen molar-refractivity contribution in [3.63, 3.8) is 0 Å². The van der Waals surface area contributed by atoms with E-state index < -0.39 is 24.3 Å². The molecule has 124 valence electrons. The first-order chi connectivity index (χ1) is 8.80. The van der Waals surface area contributed by atoms with E-state index in [9.17, 15) is 8.42 Å². The minimum Gasteiger partial charge on any atom is -0.412 e. The molecular weight excluding hydrogens is 478 g/mol. The molecule has 0 bridgehead atoms. The average molecular weight is 492 g/mol. The van der Waals surface area contributed by atoms with Crippen molar-refractivity contribution in [2.24, 2.45) is 0 Å². The molecule has 0 amide bonds. The van der Waals surface area contributed by atoms with Crippen molar-refractivity contribution in [1.29, 1.82) is 0 Å². The summed E-state index contributed by atoms with van der Waals surface area (Å²) < 4.78 is 27.3. The van der Waals surface area contributed by atoms with Gasteiger partial charge in [0.2, 0.25) is 8.85 Å². The molecular formula is C10H13Cl5Na3O5S+3. The van der Waals surface area contributed by atoms with Crippen LogP contribution in [-0.2, 0) is 10.1 Å². The second-order valence-electron chi connectivity index (χ2n) is 3.58. The van der Waals surface area contributed by atoms with Crippen molar-refractivity contribution in [2.45, 2.75) is 26.0 Å². The number of hydrogen-bond acceptors (Lipinski definition) is 3. The normalized spacial score (nSPS) is 13.8. The van der Waals surface area contributed by atoms with Crippen molar-refractivity contribution < 1.29 is 112 Å². The van der Waals surface area contributed by atoms with E-state index in [1.54, 1.807) is 18.2 Å². The molecule has 1 aromatic carbocycles. The Bertz CT molecular complexity index is 525. The second-order valence-corrected chi connectivity index (χ2v) is 8.51. The van der Waals surface area contributed by atoms with Gasteiger partial charge in [0.25, 0.3) is 10.1 Å². The third kappa shape index (κ3) is 14.5. The fraction of sp³-hybridized carbons (Fsp3) is 0.400. The van der Waals surface area contributed by atoms with E-state index >= 15 is 0 Å². The number of halogens is 5. The molecule has 0 saturated heterocycles. The summed E-state index contributed by atoms with van der Waals surface area (Å²) in [5.41, 5.74) is 0.